The van der Waals surface area contributed by atoms with Crippen molar-refractivity contribution in [3.8, 4) is 11.1 Å². The predicted molar refractivity (Wildman–Crippen MR) is 89.9 cm³/mol. The summed E-state index contributed by atoms with van der Waals surface area (Å²) in [5.74, 6) is -0.0915. The molecule has 0 unspecified atom stereocenters. The van der Waals surface area contributed by atoms with E-state index in [0.717, 1.165) is 17.7 Å². The van der Waals surface area contributed by atoms with E-state index in [9.17, 15) is 4.79 Å². The highest BCUT2D eigenvalue weighted by Gasteiger charge is 2.09. The minimum atomic E-state index is -0.0915. The summed E-state index contributed by atoms with van der Waals surface area (Å²) < 4.78 is 0. The van der Waals surface area contributed by atoms with Crippen molar-refractivity contribution in [1.29, 1.82) is 0 Å². The molecule has 1 amide bonds. The number of aromatic nitrogens is 1. The van der Waals surface area contributed by atoms with Crippen molar-refractivity contribution in [3.05, 3.63) is 53.9 Å². The van der Waals surface area contributed by atoms with Gasteiger partial charge in [-0.2, -0.15) is 0 Å². The normalized spacial score (nSPS) is 12.0. The van der Waals surface area contributed by atoms with Crippen LogP contribution in [-0.2, 0) is 0 Å². The molecule has 0 saturated heterocycles. The molecule has 0 aliphatic heterocycles. The van der Waals surface area contributed by atoms with Crippen LogP contribution in [0.2, 0.25) is 0 Å². The molecule has 22 heavy (non-hydrogen) atoms. The third-order valence-corrected chi connectivity index (χ3v) is 3.51. The monoisotopic (exact) mass is 297 g/mol. The summed E-state index contributed by atoms with van der Waals surface area (Å²) in [5, 5.41) is 6.19. The number of rotatable bonds is 6. The number of hydrogen-bond acceptors (Lipinski definition) is 3. The van der Waals surface area contributed by atoms with E-state index < -0.39 is 0 Å². The molecule has 1 atom stereocenters. The largest absolute Gasteiger partial charge is 0.350 e. The third-order valence-electron chi connectivity index (χ3n) is 3.51. The maximum absolute atomic E-state index is 12.2. The van der Waals surface area contributed by atoms with E-state index in [4.69, 9.17) is 0 Å². The minimum absolute atomic E-state index is 0.0915. The lowest BCUT2D eigenvalue weighted by molar-refractivity contribution is 0.0950. The molecule has 0 radical (unpaired) electrons. The van der Waals surface area contributed by atoms with E-state index in [2.05, 4.69) is 34.7 Å². The second-order valence-electron chi connectivity index (χ2n) is 5.50. The SMILES string of the molecule is CCN[C@H](C)CNC(=O)c1cncc(-c2ccc(C)cc2)c1. The Morgan fingerprint density at radius 1 is 1.18 bits per heavy atom. The van der Waals surface area contributed by atoms with Crippen LogP contribution in [0, 0.1) is 6.92 Å². The molecule has 1 heterocycles. The van der Waals surface area contributed by atoms with Crippen molar-refractivity contribution >= 4 is 5.91 Å². The summed E-state index contributed by atoms with van der Waals surface area (Å²) in [7, 11) is 0. The number of carbonyl (C=O) groups excluding carboxylic acids is 1. The van der Waals surface area contributed by atoms with Crippen molar-refractivity contribution in [2.24, 2.45) is 0 Å². The van der Waals surface area contributed by atoms with E-state index in [0.29, 0.717) is 12.1 Å². The number of carbonyl (C=O) groups is 1. The van der Waals surface area contributed by atoms with Crippen LogP contribution in [0.4, 0.5) is 0 Å². The van der Waals surface area contributed by atoms with Crippen molar-refractivity contribution < 1.29 is 4.79 Å². The zero-order valence-corrected chi connectivity index (χ0v) is 13.4. The molecule has 0 saturated carbocycles. The molecular formula is C18H23N3O. The van der Waals surface area contributed by atoms with Crippen LogP contribution in [0.15, 0.2) is 42.7 Å². The Morgan fingerprint density at radius 3 is 2.59 bits per heavy atom. The van der Waals surface area contributed by atoms with Gasteiger partial charge in [-0.15, -0.1) is 0 Å². The van der Waals surface area contributed by atoms with Gasteiger partial charge in [-0.05, 0) is 32.0 Å². The van der Waals surface area contributed by atoms with E-state index in [-0.39, 0.29) is 11.9 Å². The quantitative estimate of drug-likeness (QED) is 0.862. The summed E-state index contributed by atoms with van der Waals surface area (Å²) in [6.07, 6.45) is 3.38. The van der Waals surface area contributed by atoms with Crippen LogP contribution < -0.4 is 10.6 Å². The Morgan fingerprint density at radius 2 is 1.91 bits per heavy atom. The van der Waals surface area contributed by atoms with Crippen LogP contribution >= 0.6 is 0 Å². The topological polar surface area (TPSA) is 54.0 Å². The molecule has 2 rings (SSSR count). The number of hydrogen-bond donors (Lipinski definition) is 2. The Bertz CT molecular complexity index is 622. The average molecular weight is 297 g/mol. The van der Waals surface area contributed by atoms with Gasteiger partial charge >= 0.3 is 0 Å². The van der Waals surface area contributed by atoms with Gasteiger partial charge in [0.2, 0.25) is 0 Å². The summed E-state index contributed by atoms with van der Waals surface area (Å²) in [4.78, 5) is 16.4. The maximum Gasteiger partial charge on any atom is 0.252 e. The van der Waals surface area contributed by atoms with Gasteiger partial charge in [-0.1, -0.05) is 36.8 Å². The molecule has 1 aromatic heterocycles. The van der Waals surface area contributed by atoms with E-state index in [1.807, 2.05) is 32.0 Å². The van der Waals surface area contributed by atoms with Crippen molar-refractivity contribution in [3.63, 3.8) is 0 Å². The number of pyridine rings is 1. The number of likely N-dealkylation sites (N-methyl/N-ethyl adjacent to an activating group) is 1. The fraction of sp³-hybridized carbons (Fsp3) is 0.333. The first-order chi connectivity index (χ1) is 10.6. The first kappa shape index (κ1) is 16.2. The molecular weight excluding hydrogens is 274 g/mol. The number of amides is 1. The first-order valence-electron chi connectivity index (χ1n) is 7.64. The number of nitrogens with one attached hydrogen (secondary N) is 2. The van der Waals surface area contributed by atoms with Crippen LogP contribution in [0.5, 0.6) is 0 Å². The molecule has 2 N–H and O–H groups in total. The van der Waals surface area contributed by atoms with E-state index in [1.165, 1.54) is 5.56 Å². The van der Waals surface area contributed by atoms with E-state index >= 15 is 0 Å². The summed E-state index contributed by atoms with van der Waals surface area (Å²) >= 11 is 0. The second-order valence-corrected chi connectivity index (χ2v) is 5.50. The molecule has 0 fully saturated rings. The van der Waals surface area contributed by atoms with Gasteiger partial charge in [0.15, 0.2) is 0 Å². The molecule has 2 aromatic rings. The summed E-state index contributed by atoms with van der Waals surface area (Å²) in [6, 6.07) is 10.3. The van der Waals surface area contributed by atoms with Crippen molar-refractivity contribution in [1.82, 2.24) is 15.6 Å². The molecule has 116 valence electrons. The highest BCUT2D eigenvalue weighted by molar-refractivity contribution is 5.95. The molecule has 0 aliphatic rings. The Labute approximate surface area is 132 Å². The smallest absolute Gasteiger partial charge is 0.252 e. The van der Waals surface area contributed by atoms with Gasteiger partial charge < -0.3 is 10.6 Å². The van der Waals surface area contributed by atoms with Crippen LogP contribution in [0.25, 0.3) is 11.1 Å². The Hall–Kier alpha value is -2.20. The van der Waals surface area contributed by atoms with Crippen LogP contribution in [-0.4, -0.2) is 30.0 Å². The van der Waals surface area contributed by atoms with E-state index in [1.54, 1.807) is 12.4 Å². The van der Waals surface area contributed by atoms with Gasteiger partial charge in [-0.25, -0.2) is 0 Å². The lowest BCUT2D eigenvalue weighted by Gasteiger charge is -2.13. The van der Waals surface area contributed by atoms with Gasteiger partial charge in [0.25, 0.3) is 5.91 Å². The standard InChI is InChI=1S/C18H23N3O/c1-4-20-14(3)10-21-18(22)17-9-16(11-19-12-17)15-7-5-13(2)6-8-15/h5-9,11-12,14,20H,4,10H2,1-3H3,(H,21,22)/t14-/m1/s1. The summed E-state index contributed by atoms with van der Waals surface area (Å²) in [5.41, 5.74) is 3.81. The third kappa shape index (κ3) is 4.40. The highest BCUT2D eigenvalue weighted by atomic mass is 16.1. The van der Waals surface area contributed by atoms with Gasteiger partial charge in [0.1, 0.15) is 0 Å². The number of benzene rings is 1. The predicted octanol–water partition coefficient (Wildman–Crippen LogP) is 2.78. The Kier molecular flexibility index (Phi) is 5.67. The first-order valence-corrected chi connectivity index (χ1v) is 7.64. The highest BCUT2D eigenvalue weighted by Crippen LogP contribution is 2.19. The lowest BCUT2D eigenvalue weighted by atomic mass is 10.0. The molecule has 1 aromatic carbocycles. The minimum Gasteiger partial charge on any atom is -0.350 e. The molecule has 4 heteroatoms. The number of aryl methyl sites for hydroxylation is 1. The van der Waals surface area contributed by atoms with Gasteiger partial charge in [0.05, 0.1) is 5.56 Å². The second kappa shape index (κ2) is 7.71. The van der Waals surface area contributed by atoms with Gasteiger partial charge in [0, 0.05) is 30.5 Å². The van der Waals surface area contributed by atoms with Gasteiger partial charge in [-0.3, -0.25) is 9.78 Å². The fourth-order valence-electron chi connectivity index (χ4n) is 2.24. The molecule has 4 nitrogen and oxygen atoms in total. The average Bonchev–Trinajstić information content (AvgIpc) is 2.54. The summed E-state index contributed by atoms with van der Waals surface area (Å²) in [6.45, 7) is 7.64. The zero-order chi connectivity index (χ0) is 15.9. The van der Waals surface area contributed by atoms with Crippen LogP contribution in [0.1, 0.15) is 29.8 Å². The molecule has 0 bridgehead atoms. The molecule has 0 aliphatic carbocycles. The van der Waals surface area contributed by atoms with Crippen LogP contribution in [0.3, 0.4) is 0 Å². The molecule has 0 spiro atoms. The van der Waals surface area contributed by atoms with Crippen molar-refractivity contribution in [2.75, 3.05) is 13.1 Å². The maximum atomic E-state index is 12.2. The van der Waals surface area contributed by atoms with Crippen molar-refractivity contribution in [2.45, 2.75) is 26.8 Å². The Balaban J connectivity index is 2.07. The zero-order valence-electron chi connectivity index (χ0n) is 13.4. The number of nitrogens with zero attached hydrogens (tertiary/aromatic N) is 1. The fourth-order valence-corrected chi connectivity index (χ4v) is 2.24. The lowest BCUT2D eigenvalue weighted by Crippen LogP contribution is -2.38.